The second kappa shape index (κ2) is 3.31. The van der Waals surface area contributed by atoms with E-state index < -0.39 is 0 Å². The molecule has 1 atom stereocenters. The summed E-state index contributed by atoms with van der Waals surface area (Å²) in [6, 6.07) is 5.67. The third-order valence-corrected chi connectivity index (χ3v) is 2.15. The minimum atomic E-state index is -0.0906. The number of nitrogens with zero attached hydrogens (tertiary/aromatic N) is 1. The molecule has 0 spiro atoms. The molecule has 0 saturated carbocycles. The van der Waals surface area contributed by atoms with Crippen molar-refractivity contribution >= 4 is 11.0 Å². The SMILES string of the molecule is COc1cccc2[nH]c([C@H](C)N)nc12. The van der Waals surface area contributed by atoms with E-state index in [1.807, 2.05) is 25.1 Å². The van der Waals surface area contributed by atoms with Crippen LogP contribution in [0.3, 0.4) is 0 Å². The van der Waals surface area contributed by atoms with Crippen LogP contribution in [-0.4, -0.2) is 17.1 Å². The number of methoxy groups -OCH3 is 1. The molecule has 0 bridgehead atoms. The van der Waals surface area contributed by atoms with Crippen LogP contribution in [0, 0.1) is 0 Å². The zero-order chi connectivity index (χ0) is 10.1. The highest BCUT2D eigenvalue weighted by Gasteiger charge is 2.09. The molecule has 0 saturated heterocycles. The van der Waals surface area contributed by atoms with Gasteiger partial charge < -0.3 is 15.5 Å². The Labute approximate surface area is 82.1 Å². The number of benzene rings is 1. The monoisotopic (exact) mass is 191 g/mol. The van der Waals surface area contributed by atoms with Crippen molar-refractivity contribution in [1.29, 1.82) is 0 Å². The predicted octanol–water partition coefficient (Wildman–Crippen LogP) is 1.59. The molecule has 1 heterocycles. The number of H-pyrrole nitrogens is 1. The van der Waals surface area contributed by atoms with E-state index in [2.05, 4.69) is 9.97 Å². The Morgan fingerprint density at radius 1 is 1.50 bits per heavy atom. The molecule has 0 radical (unpaired) electrons. The summed E-state index contributed by atoms with van der Waals surface area (Å²) in [4.78, 5) is 7.53. The van der Waals surface area contributed by atoms with Crippen LogP contribution in [0.5, 0.6) is 5.75 Å². The topological polar surface area (TPSA) is 63.9 Å². The lowest BCUT2D eigenvalue weighted by Gasteiger charge is -1.98. The molecule has 4 nitrogen and oxygen atoms in total. The van der Waals surface area contributed by atoms with Crippen LogP contribution in [0.1, 0.15) is 18.8 Å². The van der Waals surface area contributed by atoms with Gasteiger partial charge in [0.25, 0.3) is 0 Å². The standard InChI is InChI=1S/C10H13N3O/c1-6(11)10-12-7-4-3-5-8(14-2)9(7)13-10/h3-6H,11H2,1-2H3,(H,12,13)/t6-/m0/s1. The Balaban J connectivity index is 2.64. The van der Waals surface area contributed by atoms with Gasteiger partial charge in [-0.1, -0.05) is 6.07 Å². The van der Waals surface area contributed by atoms with Crippen LogP contribution in [0.4, 0.5) is 0 Å². The number of aromatic amines is 1. The molecule has 74 valence electrons. The van der Waals surface area contributed by atoms with Gasteiger partial charge in [-0.2, -0.15) is 0 Å². The Hall–Kier alpha value is -1.55. The molecule has 0 amide bonds. The lowest BCUT2D eigenvalue weighted by molar-refractivity contribution is 0.419. The number of ether oxygens (including phenoxy) is 1. The Morgan fingerprint density at radius 3 is 2.93 bits per heavy atom. The minimum absolute atomic E-state index is 0.0906. The van der Waals surface area contributed by atoms with Gasteiger partial charge >= 0.3 is 0 Å². The third kappa shape index (κ3) is 1.33. The van der Waals surface area contributed by atoms with E-state index >= 15 is 0 Å². The van der Waals surface area contributed by atoms with E-state index in [4.69, 9.17) is 10.5 Å². The lowest BCUT2D eigenvalue weighted by atomic mass is 10.3. The van der Waals surface area contributed by atoms with Crippen LogP contribution in [0.2, 0.25) is 0 Å². The van der Waals surface area contributed by atoms with Crippen molar-refractivity contribution in [2.24, 2.45) is 5.73 Å². The summed E-state index contributed by atoms with van der Waals surface area (Å²) in [5.74, 6) is 1.55. The van der Waals surface area contributed by atoms with Gasteiger partial charge in [-0.15, -0.1) is 0 Å². The first-order chi connectivity index (χ1) is 6.72. The number of hydrogen-bond donors (Lipinski definition) is 2. The van der Waals surface area contributed by atoms with Crippen LogP contribution in [0.25, 0.3) is 11.0 Å². The maximum absolute atomic E-state index is 5.73. The molecule has 0 unspecified atom stereocenters. The van der Waals surface area contributed by atoms with Gasteiger partial charge in [0, 0.05) is 0 Å². The zero-order valence-corrected chi connectivity index (χ0v) is 8.24. The number of aromatic nitrogens is 2. The highest BCUT2D eigenvalue weighted by Crippen LogP contribution is 2.24. The van der Waals surface area contributed by atoms with Crippen molar-refractivity contribution in [2.75, 3.05) is 7.11 Å². The molecule has 1 aromatic heterocycles. The van der Waals surface area contributed by atoms with Gasteiger partial charge in [0.15, 0.2) is 0 Å². The Morgan fingerprint density at radius 2 is 2.29 bits per heavy atom. The quantitative estimate of drug-likeness (QED) is 0.757. The van der Waals surface area contributed by atoms with Gasteiger partial charge in [-0.25, -0.2) is 4.98 Å². The first-order valence-electron chi connectivity index (χ1n) is 4.50. The second-order valence-electron chi connectivity index (χ2n) is 3.27. The molecule has 0 aliphatic rings. The average molecular weight is 191 g/mol. The van der Waals surface area contributed by atoms with Crippen molar-refractivity contribution in [1.82, 2.24) is 9.97 Å². The fraction of sp³-hybridized carbons (Fsp3) is 0.300. The highest BCUT2D eigenvalue weighted by molar-refractivity contribution is 5.81. The van der Waals surface area contributed by atoms with Gasteiger partial charge in [0.05, 0.1) is 18.7 Å². The Kier molecular flexibility index (Phi) is 2.13. The maximum atomic E-state index is 5.73. The van der Waals surface area contributed by atoms with Gasteiger partial charge in [-0.05, 0) is 19.1 Å². The molecule has 0 fully saturated rings. The van der Waals surface area contributed by atoms with Crippen molar-refractivity contribution in [3.63, 3.8) is 0 Å². The molecular formula is C10H13N3O. The first-order valence-corrected chi connectivity index (χ1v) is 4.50. The van der Waals surface area contributed by atoms with E-state index in [-0.39, 0.29) is 6.04 Å². The molecule has 4 heteroatoms. The Bertz CT molecular complexity index is 448. The smallest absolute Gasteiger partial charge is 0.146 e. The van der Waals surface area contributed by atoms with E-state index in [1.165, 1.54) is 0 Å². The molecule has 3 N–H and O–H groups in total. The van der Waals surface area contributed by atoms with Gasteiger partial charge in [-0.3, -0.25) is 0 Å². The van der Waals surface area contributed by atoms with E-state index in [0.717, 1.165) is 22.6 Å². The number of nitrogens with one attached hydrogen (secondary N) is 1. The van der Waals surface area contributed by atoms with Gasteiger partial charge in [0.1, 0.15) is 17.1 Å². The summed E-state index contributed by atoms with van der Waals surface area (Å²) in [5.41, 5.74) is 7.53. The summed E-state index contributed by atoms with van der Waals surface area (Å²) < 4.78 is 5.20. The van der Waals surface area contributed by atoms with Crippen LogP contribution < -0.4 is 10.5 Å². The number of rotatable bonds is 2. The summed E-state index contributed by atoms with van der Waals surface area (Å²) in [7, 11) is 1.63. The largest absolute Gasteiger partial charge is 0.494 e. The van der Waals surface area contributed by atoms with Crippen molar-refractivity contribution in [3.05, 3.63) is 24.0 Å². The zero-order valence-electron chi connectivity index (χ0n) is 8.24. The van der Waals surface area contributed by atoms with E-state index in [1.54, 1.807) is 7.11 Å². The number of hydrogen-bond acceptors (Lipinski definition) is 3. The third-order valence-electron chi connectivity index (χ3n) is 2.15. The fourth-order valence-corrected chi connectivity index (χ4v) is 1.41. The highest BCUT2D eigenvalue weighted by atomic mass is 16.5. The number of para-hydroxylation sites is 1. The number of imidazole rings is 1. The van der Waals surface area contributed by atoms with Crippen LogP contribution in [-0.2, 0) is 0 Å². The number of nitrogens with two attached hydrogens (primary N) is 1. The summed E-state index contributed by atoms with van der Waals surface area (Å²) >= 11 is 0. The van der Waals surface area contributed by atoms with Crippen molar-refractivity contribution in [3.8, 4) is 5.75 Å². The summed E-state index contributed by atoms with van der Waals surface area (Å²) in [5, 5.41) is 0. The van der Waals surface area contributed by atoms with E-state index in [9.17, 15) is 0 Å². The molecular weight excluding hydrogens is 178 g/mol. The normalized spacial score (nSPS) is 13.1. The van der Waals surface area contributed by atoms with E-state index in [0.29, 0.717) is 0 Å². The van der Waals surface area contributed by atoms with Crippen LogP contribution >= 0.6 is 0 Å². The molecule has 2 rings (SSSR count). The minimum Gasteiger partial charge on any atom is -0.494 e. The molecule has 0 aliphatic heterocycles. The molecule has 2 aromatic rings. The van der Waals surface area contributed by atoms with Gasteiger partial charge in [0.2, 0.25) is 0 Å². The summed E-state index contributed by atoms with van der Waals surface area (Å²) in [6.07, 6.45) is 0. The molecule has 1 aromatic carbocycles. The maximum Gasteiger partial charge on any atom is 0.146 e. The second-order valence-corrected chi connectivity index (χ2v) is 3.27. The summed E-state index contributed by atoms with van der Waals surface area (Å²) in [6.45, 7) is 1.89. The predicted molar refractivity (Wildman–Crippen MR) is 55.2 cm³/mol. The van der Waals surface area contributed by atoms with Crippen molar-refractivity contribution in [2.45, 2.75) is 13.0 Å². The molecule has 0 aliphatic carbocycles. The average Bonchev–Trinajstić information content (AvgIpc) is 2.60. The first kappa shape index (κ1) is 9.02. The number of fused-ring (bicyclic) bond motifs is 1. The fourth-order valence-electron chi connectivity index (χ4n) is 1.41. The van der Waals surface area contributed by atoms with Crippen LogP contribution in [0.15, 0.2) is 18.2 Å². The van der Waals surface area contributed by atoms with Crippen molar-refractivity contribution < 1.29 is 4.74 Å². The molecule has 14 heavy (non-hydrogen) atoms. The lowest BCUT2D eigenvalue weighted by Crippen LogP contribution is -2.06.